The monoisotopic (exact) mass is 251 g/mol. The van der Waals surface area contributed by atoms with Crippen molar-refractivity contribution in [1.82, 2.24) is 0 Å². The number of nitro groups is 1. The van der Waals surface area contributed by atoms with E-state index in [0.717, 1.165) is 24.8 Å². The summed E-state index contributed by atoms with van der Waals surface area (Å²) in [6.07, 6.45) is 2.24. The van der Waals surface area contributed by atoms with Gasteiger partial charge in [-0.25, -0.2) is 0 Å². The topological polar surface area (TPSA) is 72.6 Å². The van der Waals surface area contributed by atoms with E-state index in [1.165, 1.54) is 6.07 Å². The van der Waals surface area contributed by atoms with Crippen molar-refractivity contribution in [2.45, 2.75) is 44.8 Å². The molecule has 2 unspecified atom stereocenters. The van der Waals surface area contributed by atoms with Crippen molar-refractivity contribution in [2.24, 2.45) is 0 Å². The lowest BCUT2D eigenvalue weighted by Gasteiger charge is -2.17. The standard InChI is InChI=1S/C13H17NO4/c1-2-9-6-7-12(10(8-9)14(16)17)18-13-5-3-4-11(13)15/h6-8,11,13,15H,2-5H2,1H3. The zero-order valence-corrected chi connectivity index (χ0v) is 10.3. The van der Waals surface area contributed by atoms with Crippen molar-refractivity contribution in [3.8, 4) is 5.75 Å². The molecular formula is C13H17NO4. The van der Waals surface area contributed by atoms with Gasteiger partial charge in [0.1, 0.15) is 6.10 Å². The van der Waals surface area contributed by atoms with Crippen molar-refractivity contribution in [3.05, 3.63) is 33.9 Å². The van der Waals surface area contributed by atoms with Crippen LogP contribution < -0.4 is 4.74 Å². The van der Waals surface area contributed by atoms with Crippen molar-refractivity contribution in [2.75, 3.05) is 0 Å². The predicted octanol–water partition coefficient (Wildman–Crippen LogP) is 2.45. The molecule has 18 heavy (non-hydrogen) atoms. The Morgan fingerprint density at radius 3 is 2.83 bits per heavy atom. The van der Waals surface area contributed by atoms with Gasteiger partial charge in [0, 0.05) is 6.07 Å². The molecule has 5 nitrogen and oxygen atoms in total. The van der Waals surface area contributed by atoms with E-state index in [0.29, 0.717) is 6.42 Å². The summed E-state index contributed by atoms with van der Waals surface area (Å²) >= 11 is 0. The molecule has 0 spiro atoms. The van der Waals surface area contributed by atoms with E-state index in [-0.39, 0.29) is 17.5 Å². The van der Waals surface area contributed by atoms with Crippen LogP contribution in [0.2, 0.25) is 0 Å². The normalized spacial score (nSPS) is 23.0. The largest absolute Gasteiger partial charge is 0.481 e. The van der Waals surface area contributed by atoms with Crippen LogP contribution in [0.25, 0.3) is 0 Å². The molecule has 98 valence electrons. The van der Waals surface area contributed by atoms with E-state index in [9.17, 15) is 15.2 Å². The van der Waals surface area contributed by atoms with Gasteiger partial charge in [0.25, 0.3) is 0 Å². The molecule has 1 fully saturated rings. The maximum Gasteiger partial charge on any atom is 0.311 e. The molecule has 5 heteroatoms. The lowest BCUT2D eigenvalue weighted by Crippen LogP contribution is -2.25. The van der Waals surface area contributed by atoms with Crippen LogP contribution in [-0.2, 0) is 6.42 Å². The Morgan fingerprint density at radius 2 is 2.28 bits per heavy atom. The van der Waals surface area contributed by atoms with Crippen molar-refractivity contribution < 1.29 is 14.8 Å². The molecule has 2 atom stereocenters. The quantitative estimate of drug-likeness (QED) is 0.659. The third-order valence-electron chi connectivity index (χ3n) is 3.32. The van der Waals surface area contributed by atoms with E-state index < -0.39 is 11.0 Å². The molecule has 1 aliphatic rings. The Hall–Kier alpha value is -1.62. The first-order chi connectivity index (χ1) is 8.61. The number of aryl methyl sites for hydroxylation is 1. The minimum Gasteiger partial charge on any atom is -0.481 e. The Labute approximate surface area is 106 Å². The molecule has 1 aliphatic carbocycles. The summed E-state index contributed by atoms with van der Waals surface area (Å²) < 4.78 is 5.59. The van der Waals surface area contributed by atoms with Crippen LogP contribution in [0.15, 0.2) is 18.2 Å². The number of aliphatic hydroxyl groups excluding tert-OH is 1. The number of rotatable bonds is 4. The van der Waals surface area contributed by atoms with Gasteiger partial charge < -0.3 is 9.84 Å². The van der Waals surface area contributed by atoms with Crippen LogP contribution >= 0.6 is 0 Å². The number of benzene rings is 1. The fourth-order valence-electron chi connectivity index (χ4n) is 2.23. The molecule has 1 aromatic carbocycles. The smallest absolute Gasteiger partial charge is 0.311 e. The first-order valence-corrected chi connectivity index (χ1v) is 6.24. The summed E-state index contributed by atoms with van der Waals surface area (Å²) in [4.78, 5) is 10.6. The summed E-state index contributed by atoms with van der Waals surface area (Å²) in [5, 5.41) is 20.7. The lowest BCUT2D eigenvalue weighted by molar-refractivity contribution is -0.386. The molecule has 1 N–H and O–H groups in total. The van der Waals surface area contributed by atoms with Gasteiger partial charge in [-0.3, -0.25) is 10.1 Å². The van der Waals surface area contributed by atoms with Gasteiger partial charge >= 0.3 is 5.69 Å². The van der Waals surface area contributed by atoms with Crippen molar-refractivity contribution in [3.63, 3.8) is 0 Å². The number of nitrogens with zero attached hydrogens (tertiary/aromatic N) is 1. The molecule has 0 aliphatic heterocycles. The fraction of sp³-hybridized carbons (Fsp3) is 0.538. The Bertz CT molecular complexity index is 447. The van der Waals surface area contributed by atoms with Crippen molar-refractivity contribution in [1.29, 1.82) is 0 Å². The van der Waals surface area contributed by atoms with Crippen LogP contribution in [0.5, 0.6) is 5.75 Å². The summed E-state index contributed by atoms with van der Waals surface area (Å²) in [5.74, 6) is 0.253. The van der Waals surface area contributed by atoms with Gasteiger partial charge in [0.05, 0.1) is 11.0 Å². The third kappa shape index (κ3) is 2.61. The molecule has 2 rings (SSSR count). The van der Waals surface area contributed by atoms with Gasteiger partial charge in [0.15, 0.2) is 5.75 Å². The minimum atomic E-state index is -0.518. The summed E-state index contributed by atoms with van der Waals surface area (Å²) in [6, 6.07) is 4.99. The molecule has 0 aromatic heterocycles. The molecule has 0 saturated heterocycles. The highest BCUT2D eigenvalue weighted by Gasteiger charge is 2.29. The minimum absolute atomic E-state index is 0.0200. The number of hydrogen-bond donors (Lipinski definition) is 1. The summed E-state index contributed by atoms with van der Waals surface area (Å²) in [5.41, 5.74) is 0.884. The van der Waals surface area contributed by atoms with Gasteiger partial charge in [0.2, 0.25) is 0 Å². The van der Waals surface area contributed by atoms with Gasteiger partial charge in [-0.15, -0.1) is 0 Å². The Kier molecular flexibility index (Phi) is 3.81. The van der Waals surface area contributed by atoms with E-state index in [1.54, 1.807) is 6.07 Å². The first-order valence-electron chi connectivity index (χ1n) is 6.24. The highest BCUT2D eigenvalue weighted by Crippen LogP contribution is 2.32. The highest BCUT2D eigenvalue weighted by molar-refractivity contribution is 5.48. The van der Waals surface area contributed by atoms with Gasteiger partial charge in [-0.05, 0) is 37.3 Å². The number of hydrogen-bond acceptors (Lipinski definition) is 4. The van der Waals surface area contributed by atoms with Crippen LogP contribution in [-0.4, -0.2) is 22.2 Å². The number of nitro benzene ring substituents is 1. The molecule has 0 bridgehead atoms. The van der Waals surface area contributed by atoms with Crippen LogP contribution in [0.4, 0.5) is 5.69 Å². The lowest BCUT2D eigenvalue weighted by atomic mass is 10.1. The first kappa shape index (κ1) is 12.8. The SMILES string of the molecule is CCc1ccc(OC2CCCC2O)c([N+](=O)[O-])c1. The van der Waals surface area contributed by atoms with E-state index >= 15 is 0 Å². The van der Waals surface area contributed by atoms with Crippen molar-refractivity contribution >= 4 is 5.69 Å². The summed E-state index contributed by atoms with van der Waals surface area (Å²) in [7, 11) is 0. The van der Waals surface area contributed by atoms with Crippen LogP contribution in [0.3, 0.4) is 0 Å². The predicted molar refractivity (Wildman–Crippen MR) is 66.7 cm³/mol. The van der Waals surface area contributed by atoms with Gasteiger partial charge in [-0.1, -0.05) is 13.0 Å². The summed E-state index contributed by atoms with van der Waals surface area (Å²) in [6.45, 7) is 1.94. The third-order valence-corrected chi connectivity index (χ3v) is 3.32. The second-order valence-electron chi connectivity index (χ2n) is 4.57. The second-order valence-corrected chi connectivity index (χ2v) is 4.57. The van der Waals surface area contributed by atoms with Gasteiger partial charge in [-0.2, -0.15) is 0 Å². The van der Waals surface area contributed by atoms with Crippen LogP contribution in [0.1, 0.15) is 31.7 Å². The average molecular weight is 251 g/mol. The maximum atomic E-state index is 11.0. The fourth-order valence-corrected chi connectivity index (χ4v) is 2.23. The Morgan fingerprint density at radius 1 is 1.50 bits per heavy atom. The zero-order valence-electron chi connectivity index (χ0n) is 10.3. The molecule has 1 aromatic rings. The van der Waals surface area contributed by atoms with E-state index in [4.69, 9.17) is 4.74 Å². The van der Waals surface area contributed by atoms with Crippen LogP contribution in [0, 0.1) is 10.1 Å². The number of aliphatic hydroxyl groups is 1. The zero-order chi connectivity index (χ0) is 13.1. The second kappa shape index (κ2) is 5.35. The molecule has 0 heterocycles. The molecule has 0 amide bonds. The van der Waals surface area contributed by atoms with E-state index in [1.807, 2.05) is 13.0 Å². The molecule has 1 saturated carbocycles. The average Bonchev–Trinajstić information content (AvgIpc) is 2.75. The Balaban J connectivity index is 2.23. The molecular weight excluding hydrogens is 234 g/mol. The number of ether oxygens (including phenoxy) is 1. The van der Waals surface area contributed by atoms with E-state index in [2.05, 4.69) is 0 Å². The maximum absolute atomic E-state index is 11.0. The highest BCUT2D eigenvalue weighted by atomic mass is 16.6. The molecule has 0 radical (unpaired) electrons.